The lowest BCUT2D eigenvalue weighted by Gasteiger charge is -2.20. The van der Waals surface area contributed by atoms with Crippen molar-refractivity contribution < 1.29 is 9.53 Å². The molecule has 1 aromatic rings. The second-order valence-corrected chi connectivity index (χ2v) is 4.70. The van der Waals surface area contributed by atoms with E-state index in [0.29, 0.717) is 17.6 Å². The van der Waals surface area contributed by atoms with Gasteiger partial charge < -0.3 is 9.64 Å². The first-order valence-corrected chi connectivity index (χ1v) is 6.18. The van der Waals surface area contributed by atoms with Gasteiger partial charge >= 0.3 is 6.09 Å². The lowest BCUT2D eigenvalue weighted by molar-refractivity contribution is 0.138. The molecule has 0 bridgehead atoms. The molecule has 0 radical (unpaired) electrons. The molecule has 0 saturated carbocycles. The summed E-state index contributed by atoms with van der Waals surface area (Å²) in [5.41, 5.74) is 0.909. The number of para-hydroxylation sites is 1. The first kappa shape index (κ1) is 14.4. The van der Waals surface area contributed by atoms with Gasteiger partial charge in [0.05, 0.1) is 6.61 Å². The van der Waals surface area contributed by atoms with Crippen LogP contribution in [0.2, 0.25) is 0 Å². The SMILES string of the molecule is CC(C)COC(=O)NC(=S)N(C)c1ccccc1. The van der Waals surface area contributed by atoms with Crippen molar-refractivity contribution in [3.8, 4) is 0 Å². The minimum Gasteiger partial charge on any atom is -0.449 e. The molecule has 0 saturated heterocycles. The molecule has 0 aliphatic carbocycles. The van der Waals surface area contributed by atoms with Crippen LogP contribution in [0.5, 0.6) is 0 Å². The second kappa shape index (κ2) is 6.96. The molecule has 0 aliphatic rings. The van der Waals surface area contributed by atoms with Crippen molar-refractivity contribution in [1.29, 1.82) is 0 Å². The van der Waals surface area contributed by atoms with Gasteiger partial charge in [0.2, 0.25) is 0 Å². The number of hydrogen-bond acceptors (Lipinski definition) is 3. The van der Waals surface area contributed by atoms with Crippen LogP contribution in [0.25, 0.3) is 0 Å². The van der Waals surface area contributed by atoms with E-state index in [1.54, 1.807) is 11.9 Å². The van der Waals surface area contributed by atoms with Crippen LogP contribution in [0.4, 0.5) is 10.5 Å². The summed E-state index contributed by atoms with van der Waals surface area (Å²) >= 11 is 5.13. The number of nitrogens with one attached hydrogen (secondary N) is 1. The zero-order valence-electron chi connectivity index (χ0n) is 10.8. The summed E-state index contributed by atoms with van der Waals surface area (Å²) in [6, 6.07) is 9.56. The Hall–Kier alpha value is -1.62. The molecule has 0 heterocycles. The highest BCUT2D eigenvalue weighted by molar-refractivity contribution is 7.80. The zero-order chi connectivity index (χ0) is 13.5. The molecular weight excluding hydrogens is 248 g/mol. The van der Waals surface area contributed by atoms with E-state index < -0.39 is 6.09 Å². The topological polar surface area (TPSA) is 41.6 Å². The number of rotatable bonds is 3. The fourth-order valence-corrected chi connectivity index (χ4v) is 1.41. The maximum Gasteiger partial charge on any atom is 0.413 e. The molecular formula is C13H18N2O2S. The highest BCUT2D eigenvalue weighted by Crippen LogP contribution is 2.10. The van der Waals surface area contributed by atoms with Crippen LogP contribution in [-0.2, 0) is 4.74 Å². The van der Waals surface area contributed by atoms with Crippen molar-refractivity contribution in [1.82, 2.24) is 5.32 Å². The molecule has 4 nitrogen and oxygen atoms in total. The largest absolute Gasteiger partial charge is 0.449 e. The number of thiocarbonyl (C=S) groups is 1. The van der Waals surface area contributed by atoms with Crippen LogP contribution in [0.3, 0.4) is 0 Å². The summed E-state index contributed by atoms with van der Waals surface area (Å²) in [5.74, 6) is 0.302. The summed E-state index contributed by atoms with van der Waals surface area (Å²) in [7, 11) is 1.79. The Balaban J connectivity index is 2.48. The number of alkyl carbamates (subject to hydrolysis) is 1. The number of nitrogens with zero attached hydrogens (tertiary/aromatic N) is 1. The van der Waals surface area contributed by atoms with Gasteiger partial charge in [-0.05, 0) is 30.3 Å². The van der Waals surface area contributed by atoms with Crippen molar-refractivity contribution >= 4 is 29.1 Å². The highest BCUT2D eigenvalue weighted by atomic mass is 32.1. The van der Waals surface area contributed by atoms with E-state index in [0.717, 1.165) is 5.69 Å². The summed E-state index contributed by atoms with van der Waals surface area (Å²) in [4.78, 5) is 13.2. The Labute approximate surface area is 113 Å². The van der Waals surface area contributed by atoms with E-state index in [-0.39, 0.29) is 0 Å². The summed E-state index contributed by atoms with van der Waals surface area (Å²) in [5, 5.41) is 2.84. The molecule has 0 aliphatic heterocycles. The lowest BCUT2D eigenvalue weighted by atomic mass is 10.2. The lowest BCUT2D eigenvalue weighted by Crippen LogP contribution is -2.41. The van der Waals surface area contributed by atoms with Gasteiger partial charge in [0.25, 0.3) is 0 Å². The first-order chi connectivity index (χ1) is 8.50. The minimum absolute atomic E-state index is 0.302. The molecule has 0 spiro atoms. The number of benzene rings is 1. The smallest absolute Gasteiger partial charge is 0.413 e. The molecule has 1 rings (SSSR count). The molecule has 0 unspecified atom stereocenters. The van der Waals surface area contributed by atoms with E-state index in [1.165, 1.54) is 0 Å². The fourth-order valence-electron chi connectivity index (χ4n) is 1.22. The van der Waals surface area contributed by atoms with E-state index in [2.05, 4.69) is 5.32 Å². The van der Waals surface area contributed by atoms with E-state index in [1.807, 2.05) is 44.2 Å². The van der Waals surface area contributed by atoms with Crippen LogP contribution in [-0.4, -0.2) is 24.9 Å². The number of carbonyl (C=O) groups excluding carboxylic acids is 1. The van der Waals surface area contributed by atoms with Crippen LogP contribution >= 0.6 is 12.2 Å². The third kappa shape index (κ3) is 4.71. The zero-order valence-corrected chi connectivity index (χ0v) is 11.7. The molecule has 98 valence electrons. The molecule has 18 heavy (non-hydrogen) atoms. The average molecular weight is 266 g/mol. The molecule has 1 N–H and O–H groups in total. The maximum atomic E-state index is 11.4. The van der Waals surface area contributed by atoms with E-state index >= 15 is 0 Å². The van der Waals surface area contributed by atoms with Gasteiger partial charge in [0.1, 0.15) is 0 Å². The van der Waals surface area contributed by atoms with Crippen LogP contribution < -0.4 is 10.2 Å². The molecule has 0 fully saturated rings. The molecule has 1 aromatic carbocycles. The van der Waals surface area contributed by atoms with Crippen molar-refractivity contribution in [3.63, 3.8) is 0 Å². The number of amides is 1. The van der Waals surface area contributed by atoms with Gasteiger partial charge in [-0.1, -0.05) is 32.0 Å². The van der Waals surface area contributed by atoms with Gasteiger partial charge in [-0.2, -0.15) is 0 Å². The number of hydrogen-bond donors (Lipinski definition) is 1. The van der Waals surface area contributed by atoms with E-state index in [9.17, 15) is 4.79 Å². The summed E-state index contributed by atoms with van der Waals surface area (Å²) in [6.45, 7) is 4.33. The Morgan fingerprint density at radius 3 is 2.56 bits per heavy atom. The predicted octanol–water partition coefficient (Wildman–Crippen LogP) is 2.79. The summed E-state index contributed by atoms with van der Waals surface area (Å²) < 4.78 is 5.00. The molecule has 0 aromatic heterocycles. The Kier molecular flexibility index (Phi) is 5.58. The molecule has 1 amide bonds. The van der Waals surface area contributed by atoms with Gasteiger partial charge in [-0.15, -0.1) is 0 Å². The van der Waals surface area contributed by atoms with Gasteiger partial charge in [-0.25, -0.2) is 4.79 Å². The van der Waals surface area contributed by atoms with Crippen LogP contribution in [0, 0.1) is 5.92 Å². The second-order valence-electron chi connectivity index (χ2n) is 4.32. The molecule has 0 atom stereocenters. The Morgan fingerprint density at radius 1 is 1.39 bits per heavy atom. The Morgan fingerprint density at radius 2 is 2.00 bits per heavy atom. The van der Waals surface area contributed by atoms with Crippen molar-refractivity contribution in [2.75, 3.05) is 18.6 Å². The first-order valence-electron chi connectivity index (χ1n) is 5.77. The van der Waals surface area contributed by atoms with Gasteiger partial charge in [-0.3, -0.25) is 5.32 Å². The fraction of sp³-hybridized carbons (Fsp3) is 0.385. The molecule has 5 heteroatoms. The third-order valence-electron chi connectivity index (χ3n) is 2.20. The normalized spacial score (nSPS) is 10.0. The maximum absolute atomic E-state index is 11.4. The quantitative estimate of drug-likeness (QED) is 0.854. The van der Waals surface area contributed by atoms with Crippen LogP contribution in [0.15, 0.2) is 30.3 Å². The predicted molar refractivity (Wildman–Crippen MR) is 76.8 cm³/mol. The van der Waals surface area contributed by atoms with Gasteiger partial charge in [0.15, 0.2) is 5.11 Å². The monoisotopic (exact) mass is 266 g/mol. The van der Waals surface area contributed by atoms with Crippen molar-refractivity contribution in [2.45, 2.75) is 13.8 Å². The number of anilines is 1. The number of ether oxygens (including phenoxy) is 1. The third-order valence-corrected chi connectivity index (χ3v) is 2.58. The average Bonchev–Trinajstić information content (AvgIpc) is 2.36. The Bertz CT molecular complexity index is 407. The summed E-state index contributed by atoms with van der Waals surface area (Å²) in [6.07, 6.45) is -0.517. The van der Waals surface area contributed by atoms with Crippen molar-refractivity contribution in [2.24, 2.45) is 5.92 Å². The highest BCUT2D eigenvalue weighted by Gasteiger charge is 2.11. The number of carbonyl (C=O) groups is 1. The van der Waals surface area contributed by atoms with Crippen LogP contribution in [0.1, 0.15) is 13.8 Å². The minimum atomic E-state index is -0.517. The van der Waals surface area contributed by atoms with Crippen molar-refractivity contribution in [3.05, 3.63) is 30.3 Å². The standard InChI is InChI=1S/C13H18N2O2S/c1-10(2)9-17-13(16)14-12(18)15(3)11-7-5-4-6-8-11/h4-8,10H,9H2,1-3H3,(H,14,16,18). The van der Waals surface area contributed by atoms with Gasteiger partial charge in [0, 0.05) is 12.7 Å². The van der Waals surface area contributed by atoms with E-state index in [4.69, 9.17) is 17.0 Å².